The summed E-state index contributed by atoms with van der Waals surface area (Å²) in [4.78, 5) is 0. The number of fused-ring (bicyclic) bond motifs is 12. The van der Waals surface area contributed by atoms with E-state index >= 15 is 0 Å². The van der Waals surface area contributed by atoms with Gasteiger partial charge in [0.2, 0.25) is 0 Å². The summed E-state index contributed by atoms with van der Waals surface area (Å²) in [5, 5.41) is 10.3. The number of hydrogen-bond acceptors (Lipinski definition) is 0. The van der Waals surface area contributed by atoms with Gasteiger partial charge in [-0.25, -0.2) is 0 Å². The summed E-state index contributed by atoms with van der Waals surface area (Å²) < 4.78 is 7.30. The van der Waals surface area contributed by atoms with Crippen molar-refractivity contribution in [2.75, 3.05) is 0 Å². The first kappa shape index (κ1) is 27.0. The van der Waals surface area contributed by atoms with Gasteiger partial charge in [0, 0.05) is 54.5 Å². The van der Waals surface area contributed by atoms with Gasteiger partial charge in [0.25, 0.3) is 0 Å². The smallest absolute Gasteiger partial charge is 0.0620 e. The molecule has 4 aromatic heterocycles. The standard InChI is InChI=1S/C48H29N3/c1-2-11-32(12-3-1)49-42-18-7-4-13-34(42)37-25-23-33(29-47(37)49)50-43-19-8-6-15-36(43)41-27-30(22-26-45(41)50)31-21-24-38-40-17-10-16-39-35-14-5-9-20-44(35)51(48(39)40)46(38)28-31/h1-29H. The molecule has 0 amide bonds. The molecule has 0 spiro atoms. The van der Waals surface area contributed by atoms with Crippen molar-refractivity contribution >= 4 is 81.7 Å². The minimum atomic E-state index is 1.15. The third-order valence-corrected chi connectivity index (χ3v) is 11.2. The van der Waals surface area contributed by atoms with Crippen molar-refractivity contribution in [3.05, 3.63) is 176 Å². The van der Waals surface area contributed by atoms with Crippen LogP contribution in [0.3, 0.4) is 0 Å². The highest BCUT2D eigenvalue weighted by molar-refractivity contribution is 6.23. The minimum Gasteiger partial charge on any atom is -0.309 e. The number of para-hydroxylation sites is 5. The molecule has 4 heterocycles. The van der Waals surface area contributed by atoms with Crippen LogP contribution in [0.15, 0.2) is 176 Å². The molecule has 3 heteroatoms. The van der Waals surface area contributed by atoms with Crippen molar-refractivity contribution in [2.45, 2.75) is 0 Å². The molecule has 51 heavy (non-hydrogen) atoms. The summed E-state index contributed by atoms with van der Waals surface area (Å²) >= 11 is 0. The molecule has 12 aromatic rings. The second-order valence-electron chi connectivity index (χ2n) is 13.8. The van der Waals surface area contributed by atoms with Crippen molar-refractivity contribution in [3.63, 3.8) is 0 Å². The van der Waals surface area contributed by atoms with E-state index in [0.29, 0.717) is 0 Å². The van der Waals surface area contributed by atoms with Crippen LogP contribution in [0.5, 0.6) is 0 Å². The molecule has 0 saturated heterocycles. The van der Waals surface area contributed by atoms with Gasteiger partial charge >= 0.3 is 0 Å². The highest BCUT2D eigenvalue weighted by Crippen LogP contribution is 2.42. The summed E-state index contributed by atoms with van der Waals surface area (Å²) in [6, 6.07) is 64.7. The van der Waals surface area contributed by atoms with Crippen LogP contribution < -0.4 is 0 Å². The van der Waals surface area contributed by atoms with Gasteiger partial charge in [0.1, 0.15) is 0 Å². The highest BCUT2D eigenvalue weighted by Gasteiger charge is 2.19. The van der Waals surface area contributed by atoms with E-state index in [1.54, 1.807) is 0 Å². The summed E-state index contributed by atoms with van der Waals surface area (Å²) in [7, 11) is 0. The molecular formula is C48H29N3. The summed E-state index contributed by atoms with van der Waals surface area (Å²) in [5.41, 5.74) is 13.4. The van der Waals surface area contributed by atoms with Gasteiger partial charge < -0.3 is 13.5 Å². The molecule has 0 aliphatic heterocycles. The van der Waals surface area contributed by atoms with Crippen molar-refractivity contribution in [1.29, 1.82) is 0 Å². The zero-order valence-corrected chi connectivity index (χ0v) is 27.6. The summed E-state index contributed by atoms with van der Waals surface area (Å²) in [6.07, 6.45) is 0. The quantitative estimate of drug-likeness (QED) is 0.181. The highest BCUT2D eigenvalue weighted by atomic mass is 15.0. The average Bonchev–Trinajstić information content (AvgIpc) is 3.92. The third kappa shape index (κ3) is 3.57. The molecule has 0 fully saturated rings. The van der Waals surface area contributed by atoms with Gasteiger partial charge in [0.05, 0.1) is 38.6 Å². The number of nitrogens with zero attached hydrogens (tertiary/aromatic N) is 3. The topological polar surface area (TPSA) is 14.3 Å². The average molecular weight is 648 g/mol. The van der Waals surface area contributed by atoms with Crippen molar-refractivity contribution in [3.8, 4) is 22.5 Å². The van der Waals surface area contributed by atoms with Crippen LogP contribution in [0.2, 0.25) is 0 Å². The lowest BCUT2D eigenvalue weighted by molar-refractivity contribution is 1.15. The molecule has 0 radical (unpaired) electrons. The predicted octanol–water partition coefficient (Wildman–Crippen LogP) is 12.7. The van der Waals surface area contributed by atoms with Gasteiger partial charge in [-0.3, -0.25) is 0 Å². The van der Waals surface area contributed by atoms with Crippen LogP contribution in [0.25, 0.3) is 104 Å². The second kappa shape index (κ2) is 9.87. The Balaban J connectivity index is 1.08. The van der Waals surface area contributed by atoms with Crippen molar-refractivity contribution in [2.24, 2.45) is 0 Å². The fraction of sp³-hybridized carbons (Fsp3) is 0. The Kier molecular flexibility index (Phi) is 5.23. The fourth-order valence-corrected chi connectivity index (χ4v) is 8.99. The maximum absolute atomic E-state index is 2.47. The van der Waals surface area contributed by atoms with E-state index in [9.17, 15) is 0 Å². The molecule has 0 atom stereocenters. The van der Waals surface area contributed by atoms with Gasteiger partial charge in [0.15, 0.2) is 0 Å². The minimum absolute atomic E-state index is 1.15. The molecule has 0 aliphatic rings. The van der Waals surface area contributed by atoms with Gasteiger partial charge in [-0.1, -0.05) is 115 Å². The van der Waals surface area contributed by atoms with E-state index < -0.39 is 0 Å². The van der Waals surface area contributed by atoms with Crippen molar-refractivity contribution < 1.29 is 0 Å². The lowest BCUT2D eigenvalue weighted by Crippen LogP contribution is -1.96. The maximum atomic E-state index is 2.47. The number of hydrogen-bond donors (Lipinski definition) is 0. The van der Waals surface area contributed by atoms with E-state index in [-0.39, 0.29) is 0 Å². The zero-order chi connectivity index (χ0) is 33.2. The molecule has 0 unspecified atom stereocenters. The third-order valence-electron chi connectivity index (χ3n) is 11.2. The maximum Gasteiger partial charge on any atom is 0.0620 e. The lowest BCUT2D eigenvalue weighted by Gasteiger charge is -2.11. The van der Waals surface area contributed by atoms with Crippen LogP contribution >= 0.6 is 0 Å². The summed E-state index contributed by atoms with van der Waals surface area (Å²) in [6.45, 7) is 0. The summed E-state index contributed by atoms with van der Waals surface area (Å²) in [5.74, 6) is 0. The first-order valence-corrected chi connectivity index (χ1v) is 17.6. The van der Waals surface area contributed by atoms with E-state index in [1.165, 1.54) is 98.5 Å². The molecule has 3 nitrogen and oxygen atoms in total. The Morgan fingerprint density at radius 1 is 0.255 bits per heavy atom. The van der Waals surface area contributed by atoms with E-state index in [1.807, 2.05) is 0 Å². The number of benzene rings is 8. The van der Waals surface area contributed by atoms with Crippen LogP contribution in [-0.4, -0.2) is 13.5 Å². The predicted molar refractivity (Wildman–Crippen MR) is 215 cm³/mol. The molecular weight excluding hydrogens is 619 g/mol. The van der Waals surface area contributed by atoms with E-state index in [2.05, 4.69) is 189 Å². The van der Waals surface area contributed by atoms with Gasteiger partial charge in [-0.05, 0) is 71.8 Å². The Labute approximate surface area is 292 Å². The molecule has 12 rings (SSSR count). The van der Waals surface area contributed by atoms with Crippen LogP contribution in [0, 0.1) is 0 Å². The monoisotopic (exact) mass is 647 g/mol. The van der Waals surface area contributed by atoms with Crippen molar-refractivity contribution in [1.82, 2.24) is 13.5 Å². The van der Waals surface area contributed by atoms with E-state index in [4.69, 9.17) is 0 Å². The first-order chi connectivity index (χ1) is 25.3. The Morgan fingerprint density at radius 2 is 0.765 bits per heavy atom. The Morgan fingerprint density at radius 3 is 1.53 bits per heavy atom. The molecule has 236 valence electrons. The van der Waals surface area contributed by atoms with Crippen LogP contribution in [-0.2, 0) is 0 Å². The van der Waals surface area contributed by atoms with Gasteiger partial charge in [-0.2, -0.15) is 0 Å². The second-order valence-corrected chi connectivity index (χ2v) is 13.8. The normalized spacial score (nSPS) is 12.3. The SMILES string of the molecule is c1ccc(-n2c3ccccc3c3ccc(-n4c5ccccc5c5cc(-c6ccc7c8cccc9c%10ccccc%10n(c7c6)c98)ccc54)cc32)cc1. The molecule has 0 aliphatic carbocycles. The Hall–Kier alpha value is -6.84. The largest absolute Gasteiger partial charge is 0.309 e. The molecule has 8 aromatic carbocycles. The first-order valence-electron chi connectivity index (χ1n) is 17.6. The van der Waals surface area contributed by atoms with Crippen LogP contribution in [0.4, 0.5) is 0 Å². The number of aromatic nitrogens is 3. The van der Waals surface area contributed by atoms with E-state index in [0.717, 1.165) is 5.69 Å². The zero-order valence-electron chi connectivity index (χ0n) is 27.6. The van der Waals surface area contributed by atoms with Gasteiger partial charge in [-0.15, -0.1) is 0 Å². The fourth-order valence-electron chi connectivity index (χ4n) is 8.99. The molecule has 0 N–H and O–H groups in total. The number of rotatable bonds is 3. The lowest BCUT2D eigenvalue weighted by atomic mass is 10.0. The molecule has 0 bridgehead atoms. The Bertz CT molecular complexity index is 3360. The van der Waals surface area contributed by atoms with Crippen LogP contribution in [0.1, 0.15) is 0 Å². The molecule has 0 saturated carbocycles.